The van der Waals surface area contributed by atoms with E-state index in [-0.39, 0.29) is 17.9 Å². The predicted molar refractivity (Wildman–Crippen MR) is 149 cm³/mol. The first-order valence-corrected chi connectivity index (χ1v) is 12.2. The number of nitrogen functional groups attached to an aromatic ring is 1. The van der Waals surface area contributed by atoms with Crippen molar-refractivity contribution in [2.45, 2.75) is 20.4 Å². The minimum atomic E-state index is -0.0885. The lowest BCUT2D eigenvalue weighted by molar-refractivity contribution is 0.112. The number of carbonyl (C=O) groups excluding carboxylic acids is 1. The van der Waals surface area contributed by atoms with Crippen LogP contribution in [0.15, 0.2) is 83.9 Å². The van der Waals surface area contributed by atoms with E-state index in [0.717, 1.165) is 39.7 Å². The fourth-order valence-electron chi connectivity index (χ4n) is 5.04. The number of rotatable bonds is 5. The summed E-state index contributed by atoms with van der Waals surface area (Å²) in [4.78, 5) is 34.1. The lowest BCUT2D eigenvalue weighted by atomic mass is 10.1. The van der Waals surface area contributed by atoms with Gasteiger partial charge in [0.25, 0.3) is 5.56 Å². The third-order valence-corrected chi connectivity index (χ3v) is 6.85. The second kappa shape index (κ2) is 9.08. The van der Waals surface area contributed by atoms with Crippen LogP contribution in [0.3, 0.4) is 0 Å². The zero-order chi connectivity index (χ0) is 26.4. The Hall–Kier alpha value is -5.11. The molecule has 0 saturated heterocycles. The van der Waals surface area contributed by atoms with Crippen LogP contribution in [0, 0.1) is 13.8 Å². The number of fused-ring (bicyclic) bond motifs is 2. The van der Waals surface area contributed by atoms with E-state index in [2.05, 4.69) is 9.97 Å². The molecule has 2 N–H and O–H groups in total. The Morgan fingerprint density at radius 2 is 1.68 bits per heavy atom. The standard InChI is InChI=1S/C30H24N6O2/c1-18-7-3-4-12-24(18)36-23(14-21-10-5-8-19(2)25(21)30(36)38)15-35-29-26(28(31)32-17-33-29)27(34-35)22-11-6-9-20(13-22)16-37/h3-14,16-17H,15H2,1-2H3,(H2,31,32,33). The fourth-order valence-corrected chi connectivity index (χ4v) is 5.04. The number of benzene rings is 3. The zero-order valence-corrected chi connectivity index (χ0v) is 20.9. The molecule has 6 aromatic rings. The summed E-state index contributed by atoms with van der Waals surface area (Å²) < 4.78 is 3.50. The molecular formula is C30H24N6O2. The van der Waals surface area contributed by atoms with Crippen molar-refractivity contribution in [2.24, 2.45) is 0 Å². The van der Waals surface area contributed by atoms with Gasteiger partial charge in [0.05, 0.1) is 23.0 Å². The van der Waals surface area contributed by atoms with E-state index in [1.807, 2.05) is 68.4 Å². The molecule has 3 aromatic carbocycles. The van der Waals surface area contributed by atoms with Gasteiger partial charge in [0.1, 0.15) is 24.1 Å². The van der Waals surface area contributed by atoms with E-state index >= 15 is 0 Å². The first kappa shape index (κ1) is 23.3. The molecule has 38 heavy (non-hydrogen) atoms. The smallest absolute Gasteiger partial charge is 0.263 e. The molecule has 0 aliphatic heterocycles. The summed E-state index contributed by atoms with van der Waals surface area (Å²) in [6.07, 6.45) is 2.19. The van der Waals surface area contributed by atoms with Crippen LogP contribution < -0.4 is 11.3 Å². The SMILES string of the molecule is Cc1ccccc1-n1c(Cn2nc(-c3cccc(C=O)c3)c3c(N)ncnc32)cc2cccc(C)c2c1=O. The lowest BCUT2D eigenvalue weighted by Crippen LogP contribution is -2.25. The number of hydrogen-bond donors (Lipinski definition) is 1. The molecule has 0 spiro atoms. The molecule has 0 radical (unpaired) electrons. The van der Waals surface area contributed by atoms with Gasteiger partial charge in [-0.1, -0.05) is 54.6 Å². The summed E-state index contributed by atoms with van der Waals surface area (Å²) in [6, 6.07) is 22.9. The van der Waals surface area contributed by atoms with Gasteiger partial charge in [-0.25, -0.2) is 14.6 Å². The second-order valence-electron chi connectivity index (χ2n) is 9.31. The van der Waals surface area contributed by atoms with Gasteiger partial charge in [-0.15, -0.1) is 0 Å². The topological polar surface area (TPSA) is 109 Å². The molecule has 6 rings (SSSR count). The second-order valence-corrected chi connectivity index (χ2v) is 9.31. The van der Waals surface area contributed by atoms with Gasteiger partial charge in [-0.2, -0.15) is 5.10 Å². The molecule has 186 valence electrons. The number of para-hydroxylation sites is 1. The highest BCUT2D eigenvalue weighted by Crippen LogP contribution is 2.31. The highest BCUT2D eigenvalue weighted by atomic mass is 16.1. The number of carbonyl (C=O) groups is 1. The number of aldehydes is 1. The number of nitrogens with two attached hydrogens (primary N) is 1. The van der Waals surface area contributed by atoms with E-state index in [1.165, 1.54) is 6.33 Å². The van der Waals surface area contributed by atoms with E-state index in [0.29, 0.717) is 27.7 Å². The van der Waals surface area contributed by atoms with Crippen molar-refractivity contribution in [3.63, 3.8) is 0 Å². The van der Waals surface area contributed by atoms with E-state index < -0.39 is 0 Å². The number of aromatic nitrogens is 5. The quantitative estimate of drug-likeness (QED) is 0.339. The zero-order valence-electron chi connectivity index (χ0n) is 20.9. The number of aryl methyl sites for hydroxylation is 2. The van der Waals surface area contributed by atoms with Crippen molar-refractivity contribution in [3.05, 3.63) is 112 Å². The molecule has 0 atom stereocenters. The summed E-state index contributed by atoms with van der Waals surface area (Å²) in [6.45, 7) is 4.20. The predicted octanol–water partition coefficient (Wildman–Crippen LogP) is 4.86. The number of pyridine rings is 1. The van der Waals surface area contributed by atoms with Crippen molar-refractivity contribution in [1.82, 2.24) is 24.3 Å². The lowest BCUT2D eigenvalue weighted by Gasteiger charge is -2.17. The molecule has 3 heterocycles. The van der Waals surface area contributed by atoms with Crippen LogP contribution in [0.5, 0.6) is 0 Å². The molecule has 0 aliphatic carbocycles. The van der Waals surface area contributed by atoms with Gasteiger partial charge in [-0.3, -0.25) is 14.2 Å². The van der Waals surface area contributed by atoms with Crippen molar-refractivity contribution in [1.29, 1.82) is 0 Å². The fraction of sp³-hybridized carbons (Fsp3) is 0.100. The number of nitrogens with zero attached hydrogens (tertiary/aromatic N) is 5. The Labute approximate surface area is 218 Å². The normalized spacial score (nSPS) is 11.3. The first-order valence-electron chi connectivity index (χ1n) is 12.2. The van der Waals surface area contributed by atoms with Crippen LogP contribution in [-0.2, 0) is 6.54 Å². The molecule has 0 fully saturated rings. The van der Waals surface area contributed by atoms with Crippen LogP contribution >= 0.6 is 0 Å². The monoisotopic (exact) mass is 500 g/mol. The maximum atomic E-state index is 14.0. The molecule has 0 bridgehead atoms. The average Bonchev–Trinajstić information content (AvgIpc) is 3.29. The molecule has 0 aliphatic rings. The molecule has 8 nitrogen and oxygen atoms in total. The minimum Gasteiger partial charge on any atom is -0.383 e. The summed E-state index contributed by atoms with van der Waals surface area (Å²) in [5.74, 6) is 0.290. The van der Waals surface area contributed by atoms with Gasteiger partial charge in [0, 0.05) is 16.8 Å². The third-order valence-electron chi connectivity index (χ3n) is 6.85. The maximum absolute atomic E-state index is 14.0. The van der Waals surface area contributed by atoms with Gasteiger partial charge in [-0.05, 0) is 48.6 Å². The van der Waals surface area contributed by atoms with E-state index in [9.17, 15) is 9.59 Å². The van der Waals surface area contributed by atoms with Gasteiger partial charge in [0.2, 0.25) is 0 Å². The van der Waals surface area contributed by atoms with Crippen molar-refractivity contribution >= 4 is 33.9 Å². The highest BCUT2D eigenvalue weighted by Gasteiger charge is 2.20. The van der Waals surface area contributed by atoms with Crippen LogP contribution in [-0.4, -0.2) is 30.6 Å². The summed E-state index contributed by atoms with van der Waals surface area (Å²) in [7, 11) is 0. The van der Waals surface area contributed by atoms with Crippen molar-refractivity contribution in [3.8, 4) is 16.9 Å². The largest absolute Gasteiger partial charge is 0.383 e. The first-order chi connectivity index (χ1) is 18.5. The molecule has 0 unspecified atom stereocenters. The van der Waals surface area contributed by atoms with Crippen molar-refractivity contribution in [2.75, 3.05) is 5.73 Å². The van der Waals surface area contributed by atoms with Gasteiger partial charge in [0.15, 0.2) is 5.65 Å². The Balaban J connectivity index is 1.62. The van der Waals surface area contributed by atoms with Gasteiger partial charge < -0.3 is 5.73 Å². The minimum absolute atomic E-state index is 0.0885. The molecule has 0 amide bonds. The van der Waals surface area contributed by atoms with Crippen LogP contribution in [0.2, 0.25) is 0 Å². The Bertz CT molecular complexity index is 1940. The Morgan fingerprint density at radius 3 is 2.50 bits per heavy atom. The summed E-state index contributed by atoms with van der Waals surface area (Å²) in [5, 5.41) is 7.02. The highest BCUT2D eigenvalue weighted by molar-refractivity contribution is 5.99. The van der Waals surface area contributed by atoms with Crippen LogP contribution in [0.25, 0.3) is 38.8 Å². The molecular weight excluding hydrogens is 476 g/mol. The molecule has 3 aromatic heterocycles. The van der Waals surface area contributed by atoms with Gasteiger partial charge >= 0.3 is 0 Å². The van der Waals surface area contributed by atoms with E-state index in [4.69, 9.17) is 10.8 Å². The third kappa shape index (κ3) is 3.74. The van der Waals surface area contributed by atoms with E-state index in [1.54, 1.807) is 27.4 Å². The number of hydrogen-bond acceptors (Lipinski definition) is 6. The van der Waals surface area contributed by atoms with Crippen molar-refractivity contribution < 1.29 is 4.79 Å². The van der Waals surface area contributed by atoms with Crippen LogP contribution in [0.1, 0.15) is 27.2 Å². The maximum Gasteiger partial charge on any atom is 0.263 e. The van der Waals surface area contributed by atoms with Crippen LogP contribution in [0.4, 0.5) is 5.82 Å². The number of anilines is 1. The summed E-state index contributed by atoms with van der Waals surface area (Å²) >= 11 is 0. The Morgan fingerprint density at radius 1 is 0.895 bits per heavy atom. The molecule has 8 heteroatoms. The summed E-state index contributed by atoms with van der Waals surface area (Å²) in [5.41, 5.74) is 12.0. The average molecular weight is 501 g/mol. The Kier molecular flexibility index (Phi) is 5.57. The molecule has 0 saturated carbocycles.